The smallest absolute Gasteiger partial charge is 0.329 e. The number of benzene rings is 2. The number of rotatable bonds is 6. The van der Waals surface area contributed by atoms with Gasteiger partial charge in [0.25, 0.3) is 0 Å². The SMILES string of the molecule is CCN(CC)C1(C2(c3c(C)n(CC)c4ccccc34)C(=O)Oc3ccccc32)C=CC=CC1. The molecule has 5 rings (SSSR count). The second kappa shape index (κ2) is 8.03. The minimum absolute atomic E-state index is 0.183. The molecule has 2 atom stereocenters. The zero-order chi connectivity index (χ0) is 23.2. The highest BCUT2D eigenvalue weighted by molar-refractivity contribution is 6.03. The highest BCUT2D eigenvalue weighted by Crippen LogP contribution is 2.58. The molecule has 0 N–H and O–H groups in total. The molecule has 1 aromatic heterocycles. The summed E-state index contributed by atoms with van der Waals surface area (Å²) in [4.78, 5) is 16.8. The fourth-order valence-electron chi connectivity index (χ4n) is 6.47. The molecular formula is C29H32N2O2. The minimum atomic E-state index is -0.985. The molecule has 33 heavy (non-hydrogen) atoms. The third kappa shape index (κ3) is 2.70. The Kier molecular flexibility index (Phi) is 5.29. The summed E-state index contributed by atoms with van der Waals surface area (Å²) >= 11 is 0. The third-order valence-corrected chi connectivity index (χ3v) is 7.75. The molecule has 1 aliphatic heterocycles. The Morgan fingerprint density at radius 3 is 2.42 bits per heavy atom. The number of carbonyl (C=O) groups is 1. The predicted octanol–water partition coefficient (Wildman–Crippen LogP) is 5.77. The van der Waals surface area contributed by atoms with Gasteiger partial charge in [-0.25, -0.2) is 0 Å². The van der Waals surface area contributed by atoms with Crippen molar-refractivity contribution in [1.82, 2.24) is 9.47 Å². The van der Waals surface area contributed by atoms with Crippen molar-refractivity contribution in [2.75, 3.05) is 13.1 Å². The number of fused-ring (bicyclic) bond motifs is 2. The summed E-state index contributed by atoms with van der Waals surface area (Å²) in [6, 6.07) is 16.5. The predicted molar refractivity (Wildman–Crippen MR) is 134 cm³/mol. The van der Waals surface area contributed by atoms with Gasteiger partial charge in [0.1, 0.15) is 11.2 Å². The van der Waals surface area contributed by atoms with Crippen molar-refractivity contribution >= 4 is 16.9 Å². The van der Waals surface area contributed by atoms with Crippen molar-refractivity contribution in [1.29, 1.82) is 0 Å². The molecule has 0 radical (unpaired) electrons. The number of carbonyl (C=O) groups excluding carboxylic acids is 1. The van der Waals surface area contributed by atoms with Gasteiger partial charge in [-0.05, 0) is 45.5 Å². The lowest BCUT2D eigenvalue weighted by molar-refractivity contribution is -0.141. The molecule has 2 heterocycles. The van der Waals surface area contributed by atoms with Gasteiger partial charge in [-0.15, -0.1) is 0 Å². The second-order valence-electron chi connectivity index (χ2n) is 8.95. The van der Waals surface area contributed by atoms with Gasteiger partial charge in [-0.1, -0.05) is 74.5 Å². The van der Waals surface area contributed by atoms with E-state index >= 15 is 0 Å². The molecule has 0 amide bonds. The lowest BCUT2D eigenvalue weighted by Gasteiger charge is -2.52. The number of likely N-dealkylation sites (N-methyl/N-ethyl adjacent to an activating group) is 1. The van der Waals surface area contributed by atoms with Gasteiger partial charge in [0.05, 0.1) is 5.54 Å². The summed E-state index contributed by atoms with van der Waals surface area (Å²) in [5.74, 6) is 0.488. The Hall–Kier alpha value is -3.11. The first-order valence-corrected chi connectivity index (χ1v) is 12.1. The van der Waals surface area contributed by atoms with Crippen molar-refractivity contribution in [2.45, 2.75) is 51.6 Å². The average Bonchev–Trinajstić information content (AvgIpc) is 3.30. The van der Waals surface area contributed by atoms with Crippen molar-refractivity contribution in [2.24, 2.45) is 0 Å². The van der Waals surface area contributed by atoms with E-state index in [2.05, 4.69) is 91.8 Å². The van der Waals surface area contributed by atoms with Crippen LogP contribution in [0.3, 0.4) is 0 Å². The molecule has 2 unspecified atom stereocenters. The molecule has 0 spiro atoms. The van der Waals surface area contributed by atoms with Crippen molar-refractivity contribution in [3.05, 3.63) is 89.7 Å². The number of para-hydroxylation sites is 2. The van der Waals surface area contributed by atoms with Crippen LogP contribution in [0.4, 0.5) is 0 Å². The summed E-state index contributed by atoms with van der Waals surface area (Å²) in [5, 5.41) is 1.12. The number of nitrogens with zero attached hydrogens (tertiary/aromatic N) is 2. The Bertz CT molecular complexity index is 1280. The summed E-state index contributed by atoms with van der Waals surface area (Å²) in [7, 11) is 0. The molecule has 0 saturated carbocycles. The lowest BCUT2D eigenvalue weighted by Crippen LogP contribution is -2.64. The van der Waals surface area contributed by atoms with Crippen LogP contribution in [0.2, 0.25) is 0 Å². The first-order chi connectivity index (χ1) is 16.1. The lowest BCUT2D eigenvalue weighted by atomic mass is 9.58. The summed E-state index contributed by atoms with van der Waals surface area (Å²) < 4.78 is 8.44. The van der Waals surface area contributed by atoms with Gasteiger partial charge in [-0.3, -0.25) is 9.69 Å². The van der Waals surface area contributed by atoms with Crippen molar-refractivity contribution in [3.63, 3.8) is 0 Å². The molecule has 3 aromatic rings. The van der Waals surface area contributed by atoms with Crippen LogP contribution < -0.4 is 4.74 Å². The van der Waals surface area contributed by atoms with E-state index < -0.39 is 11.0 Å². The van der Waals surface area contributed by atoms with Crippen LogP contribution in [0.15, 0.2) is 72.8 Å². The van der Waals surface area contributed by atoms with E-state index in [1.165, 1.54) is 0 Å². The Morgan fingerprint density at radius 2 is 1.73 bits per heavy atom. The van der Waals surface area contributed by atoms with Crippen LogP contribution in [0.5, 0.6) is 5.75 Å². The van der Waals surface area contributed by atoms with Gasteiger partial charge in [0, 0.05) is 34.3 Å². The van der Waals surface area contributed by atoms with Crippen LogP contribution in [0.1, 0.15) is 44.0 Å². The van der Waals surface area contributed by atoms with Crippen molar-refractivity contribution in [3.8, 4) is 5.75 Å². The number of esters is 1. The molecule has 2 aromatic carbocycles. The maximum Gasteiger partial charge on any atom is 0.329 e. The van der Waals surface area contributed by atoms with Gasteiger partial charge in [-0.2, -0.15) is 0 Å². The van der Waals surface area contributed by atoms with Crippen LogP contribution in [0, 0.1) is 6.92 Å². The zero-order valence-corrected chi connectivity index (χ0v) is 20.0. The average molecular weight is 441 g/mol. The number of aryl methyl sites for hydroxylation is 1. The van der Waals surface area contributed by atoms with Crippen LogP contribution in [-0.4, -0.2) is 34.1 Å². The molecule has 2 aliphatic rings. The highest BCUT2D eigenvalue weighted by Gasteiger charge is 2.65. The fourth-order valence-corrected chi connectivity index (χ4v) is 6.47. The van der Waals surface area contributed by atoms with Crippen LogP contribution in [-0.2, 0) is 16.8 Å². The first-order valence-electron chi connectivity index (χ1n) is 12.1. The molecule has 4 heteroatoms. The molecular weight excluding hydrogens is 408 g/mol. The summed E-state index contributed by atoms with van der Waals surface area (Å²) in [5.41, 5.74) is 2.75. The topological polar surface area (TPSA) is 34.5 Å². The third-order valence-electron chi connectivity index (χ3n) is 7.75. The standard InChI is InChI=1S/C29H32N2O2/c1-5-30(6-2)28(19-13-8-14-20-28)29(23-16-10-12-18-25(23)33-27(29)32)26-21(4)31(7-3)24-17-11-9-15-22(24)26/h8-19H,5-7,20H2,1-4H3. The second-order valence-corrected chi connectivity index (χ2v) is 8.95. The quantitative estimate of drug-likeness (QED) is 0.360. The number of hydrogen-bond acceptors (Lipinski definition) is 3. The van der Waals surface area contributed by atoms with E-state index in [0.29, 0.717) is 5.75 Å². The van der Waals surface area contributed by atoms with Crippen molar-refractivity contribution < 1.29 is 9.53 Å². The summed E-state index contributed by atoms with van der Waals surface area (Å²) in [6.07, 6.45) is 9.37. The fraction of sp³-hybridized carbons (Fsp3) is 0.345. The van der Waals surface area contributed by atoms with Crippen LogP contribution >= 0.6 is 0 Å². The van der Waals surface area contributed by atoms with E-state index in [0.717, 1.165) is 53.8 Å². The minimum Gasteiger partial charge on any atom is -0.425 e. The van der Waals surface area contributed by atoms with Gasteiger partial charge >= 0.3 is 5.97 Å². The molecule has 0 fully saturated rings. The number of hydrogen-bond donors (Lipinski definition) is 0. The molecule has 0 bridgehead atoms. The maximum absolute atomic E-state index is 14.4. The summed E-state index contributed by atoms with van der Waals surface area (Å²) in [6.45, 7) is 11.2. The Balaban J connectivity index is 2.00. The highest BCUT2D eigenvalue weighted by atomic mass is 16.5. The number of ether oxygens (including phenoxy) is 1. The number of aromatic nitrogens is 1. The molecule has 0 saturated heterocycles. The largest absolute Gasteiger partial charge is 0.425 e. The maximum atomic E-state index is 14.4. The van der Waals surface area contributed by atoms with Gasteiger partial charge in [0.2, 0.25) is 0 Å². The van der Waals surface area contributed by atoms with E-state index in [9.17, 15) is 4.79 Å². The monoisotopic (exact) mass is 440 g/mol. The van der Waals surface area contributed by atoms with E-state index in [-0.39, 0.29) is 5.97 Å². The van der Waals surface area contributed by atoms with E-state index in [1.807, 2.05) is 18.2 Å². The zero-order valence-electron chi connectivity index (χ0n) is 20.0. The van der Waals surface area contributed by atoms with Crippen LogP contribution in [0.25, 0.3) is 10.9 Å². The Morgan fingerprint density at radius 1 is 1.00 bits per heavy atom. The van der Waals surface area contributed by atoms with Gasteiger partial charge < -0.3 is 9.30 Å². The first kappa shape index (κ1) is 21.7. The van der Waals surface area contributed by atoms with Gasteiger partial charge in [0.15, 0.2) is 0 Å². The Labute approximate surface area is 196 Å². The van der Waals surface area contributed by atoms with E-state index in [1.54, 1.807) is 0 Å². The van der Waals surface area contributed by atoms with E-state index in [4.69, 9.17) is 4.74 Å². The normalized spacial score (nSPS) is 24.0. The number of allylic oxidation sites excluding steroid dienone is 2. The molecule has 170 valence electrons. The molecule has 1 aliphatic carbocycles. The molecule has 4 nitrogen and oxygen atoms in total.